The quantitative estimate of drug-likeness (QED) is 0.860. The van der Waals surface area contributed by atoms with Crippen LogP contribution in [0.1, 0.15) is 42.2 Å². The van der Waals surface area contributed by atoms with Crippen molar-refractivity contribution < 1.29 is 9.90 Å². The minimum Gasteiger partial charge on any atom is -0.478 e. The molecule has 0 aromatic carbocycles. The molecule has 0 amide bonds. The summed E-state index contributed by atoms with van der Waals surface area (Å²) in [6.07, 6.45) is 3.87. The zero-order valence-electron chi connectivity index (χ0n) is 10.9. The number of aromatic carboxylic acids is 1. The largest absolute Gasteiger partial charge is 0.478 e. The summed E-state index contributed by atoms with van der Waals surface area (Å²) >= 11 is 0. The Bertz CT molecular complexity index is 445. The Labute approximate surface area is 107 Å². The number of nitrogens with zero attached hydrogens (tertiary/aromatic N) is 1. The van der Waals surface area contributed by atoms with E-state index in [-0.39, 0.29) is 5.56 Å². The average Bonchev–Trinajstić information content (AvgIpc) is 2.72. The van der Waals surface area contributed by atoms with E-state index < -0.39 is 5.97 Å². The van der Waals surface area contributed by atoms with Crippen LogP contribution >= 0.6 is 0 Å². The molecule has 1 aromatic rings. The van der Waals surface area contributed by atoms with Crippen molar-refractivity contribution in [2.45, 2.75) is 33.1 Å². The molecule has 1 aliphatic rings. The molecule has 2 rings (SSSR count). The Morgan fingerprint density at radius 2 is 2.28 bits per heavy atom. The molecule has 4 nitrogen and oxygen atoms in total. The van der Waals surface area contributed by atoms with Crippen LogP contribution in [0.3, 0.4) is 0 Å². The summed E-state index contributed by atoms with van der Waals surface area (Å²) in [5.41, 5.74) is 0.835. The van der Waals surface area contributed by atoms with Crippen LogP contribution in [-0.2, 0) is 0 Å². The van der Waals surface area contributed by atoms with Crippen LogP contribution in [0, 0.1) is 18.8 Å². The zero-order valence-corrected chi connectivity index (χ0v) is 10.9. The van der Waals surface area contributed by atoms with Gasteiger partial charge in [-0.3, -0.25) is 0 Å². The van der Waals surface area contributed by atoms with Gasteiger partial charge in [-0.05, 0) is 43.7 Å². The molecular weight excluding hydrogens is 228 g/mol. The summed E-state index contributed by atoms with van der Waals surface area (Å²) in [5, 5.41) is 12.2. The first-order valence-corrected chi connectivity index (χ1v) is 6.51. The van der Waals surface area contributed by atoms with E-state index in [1.165, 1.54) is 19.3 Å². The third kappa shape index (κ3) is 3.00. The number of carboxylic acid groups (broad SMARTS) is 1. The molecular formula is C14H20N2O2. The van der Waals surface area contributed by atoms with Gasteiger partial charge in [0.2, 0.25) is 0 Å². The Kier molecular flexibility index (Phi) is 3.84. The molecule has 2 N–H and O–H groups in total. The number of rotatable bonds is 4. The molecule has 98 valence electrons. The fourth-order valence-electron chi connectivity index (χ4n) is 2.64. The van der Waals surface area contributed by atoms with Crippen molar-refractivity contribution in [1.29, 1.82) is 0 Å². The van der Waals surface area contributed by atoms with Crippen LogP contribution in [0.2, 0.25) is 0 Å². The highest BCUT2D eigenvalue weighted by Gasteiger charge is 2.21. The van der Waals surface area contributed by atoms with Gasteiger partial charge in [0.05, 0.1) is 11.3 Å². The molecule has 2 atom stereocenters. The van der Waals surface area contributed by atoms with E-state index in [9.17, 15) is 4.79 Å². The third-order valence-electron chi connectivity index (χ3n) is 3.69. The maximum absolute atomic E-state index is 10.9. The van der Waals surface area contributed by atoms with E-state index in [4.69, 9.17) is 5.11 Å². The molecule has 1 heterocycles. The lowest BCUT2D eigenvalue weighted by Gasteiger charge is -2.12. The first kappa shape index (κ1) is 12.9. The number of aryl methyl sites for hydroxylation is 1. The lowest BCUT2D eigenvalue weighted by molar-refractivity contribution is 0.0695. The predicted octanol–water partition coefficient (Wildman–Crippen LogP) is 2.94. The lowest BCUT2D eigenvalue weighted by Crippen LogP contribution is -2.13. The fourth-order valence-corrected chi connectivity index (χ4v) is 2.64. The highest BCUT2D eigenvalue weighted by molar-refractivity contribution is 5.89. The Morgan fingerprint density at radius 3 is 2.83 bits per heavy atom. The SMILES string of the molecule is Cc1nc(NCC2CCC(C)C2)ccc1C(=O)O. The van der Waals surface area contributed by atoms with E-state index in [2.05, 4.69) is 17.2 Å². The molecule has 1 saturated carbocycles. The zero-order chi connectivity index (χ0) is 13.1. The van der Waals surface area contributed by atoms with Gasteiger partial charge in [0, 0.05) is 6.54 Å². The van der Waals surface area contributed by atoms with E-state index in [0.717, 1.165) is 24.2 Å². The van der Waals surface area contributed by atoms with Crippen LogP contribution < -0.4 is 5.32 Å². The summed E-state index contributed by atoms with van der Waals surface area (Å²) in [5.74, 6) is 1.41. The molecule has 0 saturated heterocycles. The number of pyridine rings is 1. The number of aromatic nitrogens is 1. The van der Waals surface area contributed by atoms with Gasteiger partial charge >= 0.3 is 5.97 Å². The minimum absolute atomic E-state index is 0.273. The van der Waals surface area contributed by atoms with Gasteiger partial charge in [-0.1, -0.05) is 13.3 Å². The molecule has 1 aromatic heterocycles. The molecule has 0 aliphatic heterocycles. The molecule has 1 fully saturated rings. The second-order valence-corrected chi connectivity index (χ2v) is 5.30. The lowest BCUT2D eigenvalue weighted by atomic mass is 10.1. The van der Waals surface area contributed by atoms with Crippen molar-refractivity contribution in [3.63, 3.8) is 0 Å². The van der Waals surface area contributed by atoms with Gasteiger partial charge in [0.15, 0.2) is 0 Å². The molecule has 1 aliphatic carbocycles. The molecule has 4 heteroatoms. The average molecular weight is 248 g/mol. The van der Waals surface area contributed by atoms with Crippen LogP contribution in [-0.4, -0.2) is 22.6 Å². The number of anilines is 1. The van der Waals surface area contributed by atoms with Crippen molar-refractivity contribution in [3.05, 3.63) is 23.4 Å². The predicted molar refractivity (Wildman–Crippen MR) is 70.9 cm³/mol. The van der Waals surface area contributed by atoms with Crippen LogP contribution in [0.25, 0.3) is 0 Å². The van der Waals surface area contributed by atoms with Crippen molar-refractivity contribution in [2.75, 3.05) is 11.9 Å². The van der Waals surface area contributed by atoms with Crippen molar-refractivity contribution in [3.8, 4) is 0 Å². The van der Waals surface area contributed by atoms with Crippen LogP contribution in [0.5, 0.6) is 0 Å². The number of nitrogens with one attached hydrogen (secondary N) is 1. The topological polar surface area (TPSA) is 62.2 Å². The summed E-state index contributed by atoms with van der Waals surface area (Å²) in [7, 11) is 0. The smallest absolute Gasteiger partial charge is 0.337 e. The maximum Gasteiger partial charge on any atom is 0.337 e. The second-order valence-electron chi connectivity index (χ2n) is 5.30. The van der Waals surface area contributed by atoms with E-state index in [1.54, 1.807) is 19.1 Å². The molecule has 0 radical (unpaired) electrons. The number of hydrogen-bond donors (Lipinski definition) is 2. The van der Waals surface area contributed by atoms with E-state index in [0.29, 0.717) is 5.69 Å². The summed E-state index contributed by atoms with van der Waals surface area (Å²) in [4.78, 5) is 15.2. The molecule has 18 heavy (non-hydrogen) atoms. The standard InChI is InChI=1S/C14H20N2O2/c1-9-3-4-11(7-9)8-15-13-6-5-12(14(17)18)10(2)16-13/h5-6,9,11H,3-4,7-8H2,1-2H3,(H,15,16)(H,17,18). The van der Waals surface area contributed by atoms with Gasteiger partial charge in [-0.2, -0.15) is 0 Å². The normalized spacial score (nSPS) is 23.0. The summed E-state index contributed by atoms with van der Waals surface area (Å²) in [6.45, 7) is 4.96. The summed E-state index contributed by atoms with van der Waals surface area (Å²) in [6, 6.07) is 3.36. The van der Waals surface area contributed by atoms with Crippen LogP contribution in [0.15, 0.2) is 12.1 Å². The Morgan fingerprint density at radius 1 is 1.50 bits per heavy atom. The van der Waals surface area contributed by atoms with Crippen molar-refractivity contribution in [1.82, 2.24) is 4.98 Å². The van der Waals surface area contributed by atoms with Gasteiger partial charge < -0.3 is 10.4 Å². The second kappa shape index (κ2) is 5.38. The highest BCUT2D eigenvalue weighted by Crippen LogP contribution is 2.30. The van der Waals surface area contributed by atoms with E-state index >= 15 is 0 Å². The first-order valence-electron chi connectivity index (χ1n) is 6.51. The van der Waals surface area contributed by atoms with Gasteiger partial charge in [0.1, 0.15) is 5.82 Å². The Hall–Kier alpha value is -1.58. The summed E-state index contributed by atoms with van der Waals surface area (Å²) < 4.78 is 0. The van der Waals surface area contributed by atoms with Gasteiger partial charge in [-0.25, -0.2) is 9.78 Å². The van der Waals surface area contributed by atoms with Crippen molar-refractivity contribution in [2.24, 2.45) is 11.8 Å². The number of hydrogen-bond acceptors (Lipinski definition) is 3. The third-order valence-corrected chi connectivity index (χ3v) is 3.69. The van der Waals surface area contributed by atoms with E-state index in [1.807, 2.05) is 0 Å². The fraction of sp³-hybridized carbons (Fsp3) is 0.571. The molecule has 0 bridgehead atoms. The number of carboxylic acids is 1. The molecule has 2 unspecified atom stereocenters. The monoisotopic (exact) mass is 248 g/mol. The van der Waals surface area contributed by atoms with Gasteiger partial charge in [0.25, 0.3) is 0 Å². The Balaban J connectivity index is 1.94. The minimum atomic E-state index is -0.920. The van der Waals surface area contributed by atoms with Crippen molar-refractivity contribution >= 4 is 11.8 Å². The maximum atomic E-state index is 10.9. The number of carbonyl (C=O) groups is 1. The first-order chi connectivity index (χ1) is 8.56. The van der Waals surface area contributed by atoms with Gasteiger partial charge in [-0.15, -0.1) is 0 Å². The highest BCUT2D eigenvalue weighted by atomic mass is 16.4. The van der Waals surface area contributed by atoms with Crippen LogP contribution in [0.4, 0.5) is 5.82 Å². The molecule has 0 spiro atoms.